The molecular formula is C17H15F3N2O4. The summed E-state index contributed by atoms with van der Waals surface area (Å²) in [6, 6.07) is 6.98. The molecule has 9 heteroatoms. The van der Waals surface area contributed by atoms with Gasteiger partial charge in [-0.2, -0.15) is 5.26 Å². The molecule has 0 fully saturated rings. The first-order valence-electron chi connectivity index (χ1n) is 7.49. The van der Waals surface area contributed by atoms with Crippen molar-refractivity contribution in [2.75, 3.05) is 6.61 Å². The van der Waals surface area contributed by atoms with Crippen LogP contribution in [0.25, 0.3) is 0 Å². The number of halogens is 3. The number of carbonyl (C=O) groups excluding carboxylic acids is 1. The van der Waals surface area contributed by atoms with Gasteiger partial charge in [-0.3, -0.25) is 0 Å². The number of allylic oxidation sites excluding steroid dienone is 2. The molecule has 1 aliphatic rings. The van der Waals surface area contributed by atoms with Crippen LogP contribution in [0.5, 0.6) is 5.75 Å². The molecule has 1 heterocycles. The fraction of sp³-hybridized carbons (Fsp3) is 0.294. The minimum absolute atomic E-state index is 0.0319. The Morgan fingerprint density at radius 3 is 2.62 bits per heavy atom. The van der Waals surface area contributed by atoms with E-state index in [1.807, 2.05) is 0 Å². The number of esters is 1. The summed E-state index contributed by atoms with van der Waals surface area (Å²) in [6.07, 6.45) is -4.95. The number of nitrogens with two attached hydrogens (primary N) is 1. The Morgan fingerprint density at radius 2 is 2.04 bits per heavy atom. The van der Waals surface area contributed by atoms with E-state index in [9.17, 15) is 23.2 Å². The maximum Gasteiger partial charge on any atom is 0.573 e. The van der Waals surface area contributed by atoms with Crippen molar-refractivity contribution < 1.29 is 32.2 Å². The molecule has 1 unspecified atom stereocenters. The largest absolute Gasteiger partial charge is 0.573 e. The summed E-state index contributed by atoms with van der Waals surface area (Å²) in [7, 11) is 0. The van der Waals surface area contributed by atoms with Gasteiger partial charge in [-0.1, -0.05) is 18.2 Å². The lowest BCUT2D eigenvalue weighted by Gasteiger charge is -2.28. The lowest BCUT2D eigenvalue weighted by molar-refractivity contribution is -0.274. The van der Waals surface area contributed by atoms with Crippen LogP contribution in [-0.2, 0) is 14.3 Å². The molecular weight excluding hydrogens is 353 g/mol. The molecule has 0 spiro atoms. The predicted octanol–water partition coefficient (Wildman–Crippen LogP) is 3.23. The zero-order chi connectivity index (χ0) is 19.5. The number of hydrogen-bond acceptors (Lipinski definition) is 6. The summed E-state index contributed by atoms with van der Waals surface area (Å²) in [5.41, 5.74) is 5.32. The summed E-state index contributed by atoms with van der Waals surface area (Å²) in [5, 5.41) is 9.43. The molecule has 0 aromatic heterocycles. The third-order valence-electron chi connectivity index (χ3n) is 3.56. The van der Waals surface area contributed by atoms with Crippen LogP contribution in [0, 0.1) is 11.3 Å². The summed E-state index contributed by atoms with van der Waals surface area (Å²) in [6.45, 7) is 3.01. The van der Waals surface area contributed by atoms with Crippen molar-refractivity contribution in [3.8, 4) is 11.8 Å². The molecule has 0 radical (unpaired) electrons. The van der Waals surface area contributed by atoms with Crippen molar-refractivity contribution >= 4 is 5.97 Å². The molecule has 0 saturated heterocycles. The van der Waals surface area contributed by atoms with Crippen molar-refractivity contribution in [3.05, 3.63) is 52.6 Å². The predicted molar refractivity (Wildman–Crippen MR) is 83.1 cm³/mol. The Morgan fingerprint density at radius 1 is 1.38 bits per heavy atom. The van der Waals surface area contributed by atoms with E-state index in [2.05, 4.69) is 4.74 Å². The summed E-state index contributed by atoms with van der Waals surface area (Å²) >= 11 is 0. The molecule has 1 atom stereocenters. The van der Waals surface area contributed by atoms with Gasteiger partial charge < -0.3 is 19.9 Å². The van der Waals surface area contributed by atoms with E-state index < -0.39 is 24.0 Å². The van der Waals surface area contributed by atoms with Crippen LogP contribution in [-0.4, -0.2) is 18.9 Å². The van der Waals surface area contributed by atoms with E-state index in [0.29, 0.717) is 0 Å². The minimum atomic E-state index is -4.95. The molecule has 1 aromatic rings. The Labute approximate surface area is 147 Å². The zero-order valence-electron chi connectivity index (χ0n) is 13.9. The van der Waals surface area contributed by atoms with Crippen molar-refractivity contribution in [3.63, 3.8) is 0 Å². The van der Waals surface area contributed by atoms with Gasteiger partial charge in [0.1, 0.15) is 23.2 Å². The fourth-order valence-electron chi connectivity index (χ4n) is 2.60. The number of ether oxygens (including phenoxy) is 3. The quantitative estimate of drug-likeness (QED) is 0.820. The van der Waals surface area contributed by atoms with E-state index in [1.165, 1.54) is 25.1 Å². The molecule has 0 aliphatic carbocycles. The highest BCUT2D eigenvalue weighted by Crippen LogP contribution is 2.43. The van der Waals surface area contributed by atoms with Crippen LogP contribution in [0.2, 0.25) is 0 Å². The van der Waals surface area contributed by atoms with Gasteiger partial charge in [-0.15, -0.1) is 13.2 Å². The van der Waals surface area contributed by atoms with Crippen molar-refractivity contribution in [2.24, 2.45) is 5.73 Å². The summed E-state index contributed by atoms with van der Waals surface area (Å²) in [4.78, 5) is 12.4. The topological polar surface area (TPSA) is 94.6 Å². The second-order valence-corrected chi connectivity index (χ2v) is 5.20. The van der Waals surface area contributed by atoms with Gasteiger partial charge in [0.15, 0.2) is 0 Å². The first-order chi connectivity index (χ1) is 12.2. The highest BCUT2D eigenvalue weighted by Gasteiger charge is 2.40. The number of nitriles is 1. The van der Waals surface area contributed by atoms with Crippen LogP contribution >= 0.6 is 0 Å². The zero-order valence-corrected chi connectivity index (χ0v) is 13.9. The molecule has 0 bridgehead atoms. The lowest BCUT2D eigenvalue weighted by atomic mass is 9.82. The van der Waals surface area contributed by atoms with Gasteiger partial charge in [0, 0.05) is 5.56 Å². The van der Waals surface area contributed by atoms with E-state index in [0.717, 1.165) is 6.07 Å². The van der Waals surface area contributed by atoms with Gasteiger partial charge in [-0.05, 0) is 19.9 Å². The Hall–Kier alpha value is -3.15. The third kappa shape index (κ3) is 3.91. The number of carbonyl (C=O) groups is 1. The van der Waals surface area contributed by atoms with Gasteiger partial charge in [-0.25, -0.2) is 4.79 Å². The van der Waals surface area contributed by atoms with Gasteiger partial charge in [0.05, 0.1) is 18.1 Å². The second kappa shape index (κ2) is 7.39. The number of para-hydroxylation sites is 1. The molecule has 6 nitrogen and oxygen atoms in total. The van der Waals surface area contributed by atoms with E-state index in [4.69, 9.17) is 15.2 Å². The maximum atomic E-state index is 12.7. The Balaban J connectivity index is 2.67. The highest BCUT2D eigenvalue weighted by molar-refractivity contribution is 5.92. The summed E-state index contributed by atoms with van der Waals surface area (Å²) < 4.78 is 52.5. The normalized spacial score (nSPS) is 17.5. The van der Waals surface area contributed by atoms with Crippen LogP contribution in [0.4, 0.5) is 13.2 Å². The van der Waals surface area contributed by atoms with Crippen molar-refractivity contribution in [1.82, 2.24) is 0 Å². The standard InChI is InChI=1S/C17H15F3N2O4/c1-3-24-16(23)13-9(2)25-15(22)11(8-21)14(13)10-6-4-5-7-12(10)26-17(18,19)20/h4-7,14H,3,22H2,1-2H3. The number of benzene rings is 1. The highest BCUT2D eigenvalue weighted by atomic mass is 19.4. The van der Waals surface area contributed by atoms with Crippen LogP contribution in [0.15, 0.2) is 47.1 Å². The van der Waals surface area contributed by atoms with E-state index >= 15 is 0 Å². The Kier molecular flexibility index (Phi) is 5.45. The molecule has 26 heavy (non-hydrogen) atoms. The minimum Gasteiger partial charge on any atom is -0.463 e. The molecule has 138 valence electrons. The van der Waals surface area contributed by atoms with E-state index in [1.54, 1.807) is 13.0 Å². The van der Waals surface area contributed by atoms with Gasteiger partial charge >= 0.3 is 12.3 Å². The fourth-order valence-corrected chi connectivity index (χ4v) is 2.60. The molecule has 0 saturated carbocycles. The maximum absolute atomic E-state index is 12.7. The number of hydrogen-bond donors (Lipinski definition) is 1. The SMILES string of the molecule is CCOC(=O)C1=C(C)OC(N)=C(C#N)C1c1ccccc1OC(F)(F)F. The number of rotatable bonds is 4. The smallest absolute Gasteiger partial charge is 0.463 e. The molecule has 2 N–H and O–H groups in total. The number of nitrogens with zero attached hydrogens (tertiary/aromatic N) is 1. The molecule has 2 rings (SSSR count). The van der Waals surface area contributed by atoms with Crippen LogP contribution in [0.1, 0.15) is 25.3 Å². The monoisotopic (exact) mass is 368 g/mol. The molecule has 0 amide bonds. The van der Waals surface area contributed by atoms with Crippen molar-refractivity contribution in [2.45, 2.75) is 26.1 Å². The Bertz CT molecular complexity index is 822. The molecule has 1 aliphatic heterocycles. The third-order valence-corrected chi connectivity index (χ3v) is 3.56. The number of alkyl halides is 3. The van der Waals surface area contributed by atoms with Gasteiger partial charge in [0.2, 0.25) is 5.88 Å². The van der Waals surface area contributed by atoms with Gasteiger partial charge in [0.25, 0.3) is 0 Å². The lowest BCUT2D eigenvalue weighted by Crippen LogP contribution is -2.26. The second-order valence-electron chi connectivity index (χ2n) is 5.20. The van der Waals surface area contributed by atoms with Crippen molar-refractivity contribution in [1.29, 1.82) is 5.26 Å². The van der Waals surface area contributed by atoms with Crippen LogP contribution < -0.4 is 10.5 Å². The first kappa shape index (κ1) is 19.2. The first-order valence-corrected chi connectivity index (χ1v) is 7.49. The molecule has 1 aromatic carbocycles. The van der Waals surface area contributed by atoms with E-state index in [-0.39, 0.29) is 35.0 Å². The average Bonchev–Trinajstić information content (AvgIpc) is 2.53. The van der Waals surface area contributed by atoms with Crippen LogP contribution in [0.3, 0.4) is 0 Å². The summed E-state index contributed by atoms with van der Waals surface area (Å²) in [5.74, 6) is -2.86. The average molecular weight is 368 g/mol.